The Labute approximate surface area is 139 Å². The summed E-state index contributed by atoms with van der Waals surface area (Å²) in [6.45, 7) is 7.17. The van der Waals surface area contributed by atoms with E-state index in [1.165, 1.54) is 44.6 Å². The zero-order valence-electron chi connectivity index (χ0n) is 13.3. The van der Waals surface area contributed by atoms with E-state index in [0.29, 0.717) is 18.6 Å². The highest BCUT2D eigenvalue weighted by atomic mass is 35.5. The summed E-state index contributed by atoms with van der Waals surface area (Å²) in [6.07, 6.45) is 2.69. The van der Waals surface area contributed by atoms with E-state index in [9.17, 15) is 0 Å². The maximum Gasteiger partial charge on any atom is 0.119 e. The molecule has 2 saturated heterocycles. The Balaban J connectivity index is 0.00000176. The molecule has 1 atom stereocenters. The average Bonchev–Trinajstić information content (AvgIpc) is 3.12. The number of benzene rings is 1. The number of hydrogen-bond donors (Lipinski definition) is 1. The third-order valence-corrected chi connectivity index (χ3v) is 4.74. The summed E-state index contributed by atoms with van der Waals surface area (Å²) < 4.78 is 10.6. The molecule has 0 radical (unpaired) electrons. The quantitative estimate of drug-likeness (QED) is 0.813. The summed E-state index contributed by atoms with van der Waals surface area (Å²) in [5.74, 6) is 0.925. The maximum atomic E-state index is 5.60. The normalized spacial score (nSPS) is 24.6. The van der Waals surface area contributed by atoms with Gasteiger partial charge >= 0.3 is 0 Å². The Morgan fingerprint density at radius 3 is 2.68 bits per heavy atom. The summed E-state index contributed by atoms with van der Waals surface area (Å²) in [5, 5.41) is 3.52. The smallest absolute Gasteiger partial charge is 0.119 e. The van der Waals surface area contributed by atoms with Gasteiger partial charge in [-0.15, -0.1) is 12.4 Å². The molecule has 0 aromatic heterocycles. The highest BCUT2D eigenvalue weighted by Crippen LogP contribution is 2.36. The van der Waals surface area contributed by atoms with Gasteiger partial charge in [-0.1, -0.05) is 12.1 Å². The van der Waals surface area contributed by atoms with Gasteiger partial charge in [-0.3, -0.25) is 4.90 Å². The van der Waals surface area contributed by atoms with E-state index in [-0.39, 0.29) is 12.4 Å². The van der Waals surface area contributed by atoms with Gasteiger partial charge in [0.1, 0.15) is 12.4 Å². The predicted octanol–water partition coefficient (Wildman–Crippen LogP) is 2.32. The minimum atomic E-state index is 0. The molecule has 4 nitrogen and oxygen atoms in total. The van der Waals surface area contributed by atoms with Crippen LogP contribution in [0.1, 0.15) is 18.4 Å². The molecule has 22 heavy (non-hydrogen) atoms. The minimum absolute atomic E-state index is 0. The van der Waals surface area contributed by atoms with Crippen LogP contribution in [0.25, 0.3) is 0 Å². The summed E-state index contributed by atoms with van der Waals surface area (Å²) >= 11 is 0. The molecule has 2 aliphatic rings. The van der Waals surface area contributed by atoms with E-state index >= 15 is 0 Å². The molecule has 2 heterocycles. The van der Waals surface area contributed by atoms with Gasteiger partial charge in [0.2, 0.25) is 0 Å². The first-order chi connectivity index (χ1) is 10.3. The molecule has 0 saturated carbocycles. The fraction of sp³-hybridized carbons (Fsp3) is 0.647. The Morgan fingerprint density at radius 2 is 2.00 bits per heavy atom. The fourth-order valence-corrected chi connectivity index (χ4v) is 3.50. The second kappa shape index (κ2) is 8.16. The van der Waals surface area contributed by atoms with E-state index in [0.717, 1.165) is 12.3 Å². The van der Waals surface area contributed by atoms with Crippen LogP contribution in [-0.2, 0) is 11.3 Å². The first-order valence-electron chi connectivity index (χ1n) is 7.93. The van der Waals surface area contributed by atoms with Crippen LogP contribution < -0.4 is 10.1 Å². The molecule has 0 amide bonds. The van der Waals surface area contributed by atoms with Crippen molar-refractivity contribution in [3.05, 3.63) is 29.8 Å². The van der Waals surface area contributed by atoms with E-state index in [2.05, 4.69) is 34.5 Å². The summed E-state index contributed by atoms with van der Waals surface area (Å²) in [4.78, 5) is 2.59. The molecular weight excluding hydrogens is 300 g/mol. The monoisotopic (exact) mass is 326 g/mol. The van der Waals surface area contributed by atoms with Gasteiger partial charge in [0.25, 0.3) is 0 Å². The molecule has 0 bridgehead atoms. The number of hydrogen-bond acceptors (Lipinski definition) is 4. The van der Waals surface area contributed by atoms with Crippen LogP contribution >= 0.6 is 12.4 Å². The molecule has 3 rings (SSSR count). The van der Waals surface area contributed by atoms with Crippen LogP contribution in [0.15, 0.2) is 24.3 Å². The zero-order valence-corrected chi connectivity index (χ0v) is 14.2. The Morgan fingerprint density at radius 1 is 1.18 bits per heavy atom. The van der Waals surface area contributed by atoms with Crippen molar-refractivity contribution in [2.24, 2.45) is 5.41 Å². The molecular formula is C17H27ClN2O2. The van der Waals surface area contributed by atoms with Crippen LogP contribution in [0, 0.1) is 5.41 Å². The van der Waals surface area contributed by atoms with Gasteiger partial charge in [-0.25, -0.2) is 0 Å². The first-order valence-corrected chi connectivity index (χ1v) is 7.93. The SMILES string of the molecule is COCCOc1ccc(CN2CCC3(CCNC3)C2)cc1.Cl. The van der Waals surface area contributed by atoms with E-state index in [1.54, 1.807) is 7.11 Å². The molecule has 1 aromatic carbocycles. The molecule has 1 unspecified atom stereocenters. The largest absolute Gasteiger partial charge is 0.491 e. The third-order valence-electron chi connectivity index (χ3n) is 4.74. The van der Waals surface area contributed by atoms with Crippen molar-refractivity contribution in [3.63, 3.8) is 0 Å². The molecule has 1 N–H and O–H groups in total. The first kappa shape index (κ1) is 17.5. The molecule has 1 aromatic rings. The Bertz CT molecular complexity index is 446. The van der Waals surface area contributed by atoms with Crippen molar-refractivity contribution in [1.82, 2.24) is 10.2 Å². The van der Waals surface area contributed by atoms with E-state index in [1.807, 2.05) is 0 Å². The molecule has 124 valence electrons. The van der Waals surface area contributed by atoms with Crippen molar-refractivity contribution in [1.29, 1.82) is 0 Å². The number of nitrogens with zero attached hydrogens (tertiary/aromatic N) is 1. The van der Waals surface area contributed by atoms with Crippen molar-refractivity contribution in [3.8, 4) is 5.75 Å². The van der Waals surface area contributed by atoms with Crippen molar-refractivity contribution in [2.45, 2.75) is 19.4 Å². The summed E-state index contributed by atoms with van der Waals surface area (Å²) in [5.41, 5.74) is 1.93. The third kappa shape index (κ3) is 4.35. The van der Waals surface area contributed by atoms with Gasteiger partial charge in [0.05, 0.1) is 6.61 Å². The van der Waals surface area contributed by atoms with Crippen LogP contribution in [0.5, 0.6) is 5.75 Å². The number of methoxy groups -OCH3 is 1. The van der Waals surface area contributed by atoms with E-state index < -0.39 is 0 Å². The standard InChI is InChI=1S/C17H26N2O2.ClH/c1-20-10-11-21-16-4-2-15(3-5-16)12-19-9-7-17(14-19)6-8-18-13-17;/h2-5,18H,6-14H2,1H3;1H. The lowest BCUT2D eigenvalue weighted by Gasteiger charge is -2.22. The Kier molecular flexibility index (Phi) is 6.50. The number of rotatable bonds is 6. The second-order valence-corrected chi connectivity index (χ2v) is 6.37. The average molecular weight is 327 g/mol. The lowest BCUT2D eigenvalue weighted by molar-refractivity contribution is 0.146. The summed E-state index contributed by atoms with van der Waals surface area (Å²) in [7, 11) is 1.69. The van der Waals surface area contributed by atoms with Gasteiger partial charge in [-0.05, 0) is 49.0 Å². The summed E-state index contributed by atoms with van der Waals surface area (Å²) in [6, 6.07) is 8.49. The number of likely N-dealkylation sites (tertiary alicyclic amines) is 1. The number of ether oxygens (including phenoxy) is 2. The Hall–Kier alpha value is -0.810. The van der Waals surface area contributed by atoms with Crippen LogP contribution in [-0.4, -0.2) is 51.4 Å². The van der Waals surface area contributed by atoms with Gasteiger partial charge in [-0.2, -0.15) is 0 Å². The molecule has 2 aliphatic heterocycles. The molecule has 5 heteroatoms. The van der Waals surface area contributed by atoms with Crippen molar-refractivity contribution >= 4 is 12.4 Å². The van der Waals surface area contributed by atoms with E-state index in [4.69, 9.17) is 9.47 Å². The highest BCUT2D eigenvalue weighted by Gasteiger charge is 2.39. The van der Waals surface area contributed by atoms with Crippen LogP contribution in [0.3, 0.4) is 0 Å². The predicted molar refractivity (Wildman–Crippen MR) is 90.9 cm³/mol. The van der Waals surface area contributed by atoms with Crippen molar-refractivity contribution < 1.29 is 9.47 Å². The van der Waals surface area contributed by atoms with Crippen LogP contribution in [0.2, 0.25) is 0 Å². The fourth-order valence-electron chi connectivity index (χ4n) is 3.50. The molecule has 1 spiro atoms. The maximum absolute atomic E-state index is 5.60. The lowest BCUT2D eigenvalue weighted by Crippen LogP contribution is -2.28. The van der Waals surface area contributed by atoms with Crippen LogP contribution in [0.4, 0.5) is 0 Å². The second-order valence-electron chi connectivity index (χ2n) is 6.37. The highest BCUT2D eigenvalue weighted by molar-refractivity contribution is 5.85. The van der Waals surface area contributed by atoms with Gasteiger partial charge in [0, 0.05) is 26.7 Å². The zero-order chi connectivity index (χ0) is 14.5. The van der Waals surface area contributed by atoms with Gasteiger partial charge < -0.3 is 14.8 Å². The topological polar surface area (TPSA) is 33.7 Å². The molecule has 2 fully saturated rings. The number of halogens is 1. The lowest BCUT2D eigenvalue weighted by atomic mass is 9.86. The minimum Gasteiger partial charge on any atom is -0.491 e. The van der Waals surface area contributed by atoms with Crippen molar-refractivity contribution in [2.75, 3.05) is 46.5 Å². The van der Waals surface area contributed by atoms with Gasteiger partial charge in [0.15, 0.2) is 0 Å². The molecule has 0 aliphatic carbocycles. The number of nitrogens with one attached hydrogen (secondary N) is 1.